The molecule has 132 valence electrons. The van der Waals surface area contributed by atoms with Crippen LogP contribution in [0.4, 0.5) is 0 Å². The molecule has 0 bridgehead atoms. The van der Waals surface area contributed by atoms with Gasteiger partial charge >= 0.3 is 5.97 Å². The highest BCUT2D eigenvalue weighted by molar-refractivity contribution is 6.62. The van der Waals surface area contributed by atoms with Crippen molar-refractivity contribution in [1.82, 2.24) is 16.0 Å². The van der Waals surface area contributed by atoms with E-state index in [0.717, 1.165) is 0 Å². The summed E-state index contributed by atoms with van der Waals surface area (Å²) in [6.45, 7) is 6.77. The van der Waals surface area contributed by atoms with Crippen molar-refractivity contribution in [2.24, 2.45) is 0 Å². The number of carboxylic acid groups (broad SMARTS) is 1. The molecular weight excluding hydrogens is 330 g/mol. The second kappa shape index (κ2) is 11.4. The Labute approximate surface area is 139 Å². The van der Waals surface area contributed by atoms with Gasteiger partial charge in [-0.15, -0.1) is 0 Å². The number of carbonyl (C=O) groups is 5. The van der Waals surface area contributed by atoms with Gasteiger partial charge < -0.3 is 21.1 Å². The molecule has 0 radical (unpaired) electrons. The normalized spacial score (nSPS) is 13.3. The van der Waals surface area contributed by atoms with Gasteiger partial charge in [-0.1, -0.05) is 0 Å². The number of hydrogen-bond donors (Lipinski definition) is 4. The molecule has 0 saturated heterocycles. The molecule has 3 atom stereocenters. The third-order valence-corrected chi connectivity index (χ3v) is 2.29. The number of nitrogens with one attached hydrogen (secondary N) is 3. The topological polar surface area (TPSA) is 142 Å². The van der Waals surface area contributed by atoms with Crippen LogP contribution in [0.15, 0.2) is 0 Å². The summed E-state index contributed by atoms with van der Waals surface area (Å²) < 4.78 is 0. The molecule has 23 heavy (non-hydrogen) atoms. The van der Waals surface area contributed by atoms with Gasteiger partial charge in [0.05, 0.1) is 0 Å². The molecule has 0 aromatic carbocycles. The first kappa shape index (κ1) is 23.1. The van der Waals surface area contributed by atoms with Crippen molar-refractivity contribution in [3.05, 3.63) is 0 Å². The smallest absolute Gasteiger partial charge is 0.325 e. The van der Waals surface area contributed by atoms with E-state index in [4.69, 9.17) is 5.11 Å². The Hall–Kier alpha value is -2.16. The summed E-state index contributed by atoms with van der Waals surface area (Å²) >= 11 is 4.64. The van der Waals surface area contributed by atoms with E-state index in [1.807, 2.05) is 0 Å². The van der Waals surface area contributed by atoms with E-state index in [2.05, 4.69) is 27.6 Å². The minimum absolute atomic E-state index is 0.361. The lowest BCUT2D eigenvalue weighted by Crippen LogP contribution is -2.53. The lowest BCUT2D eigenvalue weighted by molar-refractivity contribution is -0.141. The van der Waals surface area contributed by atoms with Crippen molar-refractivity contribution in [3.63, 3.8) is 0 Å². The zero-order chi connectivity index (χ0) is 18.7. The number of carbonyl (C=O) groups excluding carboxylic acids is 4. The number of amides is 3. The molecule has 0 fully saturated rings. The van der Waals surface area contributed by atoms with Gasteiger partial charge in [-0.25, -0.2) is 0 Å². The largest absolute Gasteiger partial charge is 0.480 e. The maximum Gasteiger partial charge on any atom is 0.325 e. The van der Waals surface area contributed by atoms with Crippen LogP contribution >= 0.6 is 11.6 Å². The van der Waals surface area contributed by atoms with Gasteiger partial charge in [-0.05, 0) is 32.4 Å². The molecule has 0 unspecified atom stereocenters. The first-order chi connectivity index (χ1) is 10.4. The number of rotatable bonds is 6. The van der Waals surface area contributed by atoms with Crippen molar-refractivity contribution < 1.29 is 29.1 Å². The van der Waals surface area contributed by atoms with Crippen molar-refractivity contribution in [2.45, 2.75) is 52.7 Å². The second-order valence-corrected chi connectivity index (χ2v) is 5.22. The lowest BCUT2D eigenvalue weighted by atomic mass is 10.2. The molecule has 0 spiro atoms. The molecule has 0 saturated carbocycles. The predicted octanol–water partition coefficient (Wildman–Crippen LogP) is -0.623. The van der Waals surface area contributed by atoms with Crippen LogP contribution < -0.4 is 16.0 Å². The second-order valence-electron chi connectivity index (χ2n) is 4.69. The molecule has 0 aromatic heterocycles. The van der Waals surface area contributed by atoms with Crippen LogP contribution in [0.25, 0.3) is 0 Å². The van der Waals surface area contributed by atoms with Crippen LogP contribution in [0, 0.1) is 0 Å². The molecule has 0 rings (SSSR count). The fraction of sp³-hybridized carbons (Fsp3) is 0.615. The summed E-state index contributed by atoms with van der Waals surface area (Å²) in [5.74, 6) is -2.67. The highest BCUT2D eigenvalue weighted by Crippen LogP contribution is 1.90. The van der Waals surface area contributed by atoms with Crippen LogP contribution in [-0.4, -0.2) is 52.2 Å². The van der Waals surface area contributed by atoms with E-state index >= 15 is 0 Å². The van der Waals surface area contributed by atoms with Gasteiger partial charge in [-0.3, -0.25) is 24.0 Å². The highest BCUT2D eigenvalue weighted by Gasteiger charge is 2.22. The molecule has 9 nitrogen and oxygen atoms in total. The van der Waals surface area contributed by atoms with Crippen molar-refractivity contribution in [1.29, 1.82) is 0 Å². The first-order valence-electron chi connectivity index (χ1n) is 6.65. The standard InChI is InChI=1S/C11H19N3O5.C2H3ClO/c1-5(12-8(4)15)9(16)13-6(2)10(17)14-7(3)11(18)19;1-2(3)4/h5-7H,1-4H3,(H,12,15)(H,13,16)(H,14,17)(H,18,19);1H3/t5-,6-,7-;/m0./s1. The predicted molar refractivity (Wildman–Crippen MR) is 82.7 cm³/mol. The summed E-state index contributed by atoms with van der Waals surface area (Å²) in [7, 11) is 0. The fourth-order valence-electron chi connectivity index (χ4n) is 1.17. The van der Waals surface area contributed by atoms with Crippen LogP contribution in [0.3, 0.4) is 0 Å². The number of carboxylic acids is 1. The summed E-state index contributed by atoms with van der Waals surface area (Å²) in [5.41, 5.74) is 0. The van der Waals surface area contributed by atoms with E-state index < -0.39 is 35.9 Å². The Kier molecular flexibility index (Phi) is 11.5. The van der Waals surface area contributed by atoms with Gasteiger partial charge in [0, 0.05) is 13.8 Å². The summed E-state index contributed by atoms with van der Waals surface area (Å²) in [6.07, 6.45) is 0. The average Bonchev–Trinajstić information content (AvgIpc) is 2.36. The molecule has 3 amide bonds. The summed E-state index contributed by atoms with van der Waals surface area (Å²) in [5, 5.41) is 15.2. The third kappa shape index (κ3) is 13.2. The first-order valence-corrected chi connectivity index (χ1v) is 7.03. The van der Waals surface area contributed by atoms with Gasteiger partial charge in [0.1, 0.15) is 18.1 Å². The molecule has 0 heterocycles. The van der Waals surface area contributed by atoms with Crippen LogP contribution in [0.5, 0.6) is 0 Å². The summed E-state index contributed by atoms with van der Waals surface area (Å²) in [6, 6.07) is -2.71. The highest BCUT2D eigenvalue weighted by atomic mass is 35.5. The Morgan fingerprint density at radius 3 is 1.39 bits per heavy atom. The molecular formula is C13H22ClN3O6. The quantitative estimate of drug-likeness (QED) is 0.470. The maximum absolute atomic E-state index is 11.6. The Morgan fingerprint density at radius 2 is 1.09 bits per heavy atom. The Morgan fingerprint density at radius 1 is 0.783 bits per heavy atom. The maximum atomic E-state index is 11.6. The van der Waals surface area contributed by atoms with E-state index in [1.54, 1.807) is 0 Å². The average molecular weight is 352 g/mol. The fourth-order valence-corrected chi connectivity index (χ4v) is 1.17. The van der Waals surface area contributed by atoms with E-state index in [1.165, 1.54) is 34.6 Å². The molecule has 0 aliphatic rings. The number of halogens is 1. The number of hydrogen-bond acceptors (Lipinski definition) is 5. The van der Waals surface area contributed by atoms with Crippen molar-refractivity contribution in [3.8, 4) is 0 Å². The lowest BCUT2D eigenvalue weighted by Gasteiger charge is -2.18. The molecule has 4 N–H and O–H groups in total. The molecule has 0 aliphatic heterocycles. The van der Waals surface area contributed by atoms with E-state index in [0.29, 0.717) is 0 Å². The Balaban J connectivity index is 0. The Bertz CT molecular complexity index is 465. The minimum atomic E-state index is -1.17. The van der Waals surface area contributed by atoms with Crippen molar-refractivity contribution >= 4 is 40.5 Å². The van der Waals surface area contributed by atoms with Gasteiger partial charge in [0.2, 0.25) is 23.0 Å². The monoisotopic (exact) mass is 351 g/mol. The van der Waals surface area contributed by atoms with E-state index in [-0.39, 0.29) is 11.1 Å². The van der Waals surface area contributed by atoms with E-state index in [9.17, 15) is 24.0 Å². The van der Waals surface area contributed by atoms with Gasteiger partial charge in [-0.2, -0.15) is 0 Å². The van der Waals surface area contributed by atoms with Crippen LogP contribution in [0.2, 0.25) is 0 Å². The third-order valence-electron chi connectivity index (χ3n) is 2.29. The SMILES string of the molecule is CC(=O)Cl.CC(=O)N[C@@H](C)C(=O)N[C@@H](C)C(=O)N[C@@H](C)C(=O)O. The van der Waals surface area contributed by atoms with Crippen LogP contribution in [-0.2, 0) is 24.0 Å². The molecule has 10 heteroatoms. The van der Waals surface area contributed by atoms with Gasteiger partial charge in [0.15, 0.2) is 0 Å². The minimum Gasteiger partial charge on any atom is -0.480 e. The summed E-state index contributed by atoms with van der Waals surface area (Å²) in [4.78, 5) is 53.7. The zero-order valence-electron chi connectivity index (χ0n) is 13.6. The molecule has 0 aromatic rings. The van der Waals surface area contributed by atoms with Crippen molar-refractivity contribution in [2.75, 3.05) is 0 Å². The molecule has 0 aliphatic carbocycles. The van der Waals surface area contributed by atoms with Crippen LogP contribution in [0.1, 0.15) is 34.6 Å². The zero-order valence-corrected chi connectivity index (χ0v) is 14.4. The van der Waals surface area contributed by atoms with Gasteiger partial charge in [0.25, 0.3) is 0 Å². The number of aliphatic carboxylic acids is 1.